The topological polar surface area (TPSA) is 57.5 Å². The van der Waals surface area contributed by atoms with Crippen molar-refractivity contribution >= 4 is 5.97 Å². The molecular formula is C9H16O3. The molecule has 0 saturated heterocycles. The van der Waals surface area contributed by atoms with Crippen molar-refractivity contribution in [3.05, 3.63) is 0 Å². The van der Waals surface area contributed by atoms with Gasteiger partial charge in [-0.3, -0.25) is 4.79 Å². The molecule has 0 aliphatic heterocycles. The van der Waals surface area contributed by atoms with Crippen molar-refractivity contribution in [1.29, 1.82) is 0 Å². The highest BCUT2D eigenvalue weighted by Gasteiger charge is 2.45. The molecule has 0 aromatic carbocycles. The number of carbonyl (C=O) groups is 1. The predicted octanol–water partition coefficient (Wildman–Crippen LogP) is 1.40. The Kier molecular flexibility index (Phi) is 2.73. The number of unbranched alkanes of at least 4 members (excludes halogenated alkanes) is 1. The quantitative estimate of drug-likeness (QED) is 0.674. The molecule has 0 aromatic heterocycles. The van der Waals surface area contributed by atoms with E-state index < -0.39 is 11.6 Å². The molecule has 0 amide bonds. The average molecular weight is 172 g/mol. The van der Waals surface area contributed by atoms with E-state index in [1.165, 1.54) is 0 Å². The molecule has 3 nitrogen and oxygen atoms in total. The number of aliphatic hydroxyl groups is 1. The molecule has 0 unspecified atom stereocenters. The van der Waals surface area contributed by atoms with Crippen LogP contribution in [-0.4, -0.2) is 21.8 Å². The summed E-state index contributed by atoms with van der Waals surface area (Å²) >= 11 is 0. The van der Waals surface area contributed by atoms with Crippen LogP contribution in [0, 0.1) is 5.92 Å². The van der Waals surface area contributed by atoms with Gasteiger partial charge in [-0.1, -0.05) is 19.8 Å². The zero-order valence-corrected chi connectivity index (χ0v) is 7.42. The maximum atomic E-state index is 10.4. The summed E-state index contributed by atoms with van der Waals surface area (Å²) in [7, 11) is 0. The minimum Gasteiger partial charge on any atom is -0.481 e. The SMILES string of the molecule is CCCCC1(O)CC(C(=O)O)C1. The summed E-state index contributed by atoms with van der Waals surface area (Å²) in [5.74, 6) is -1.07. The molecule has 1 saturated carbocycles. The molecule has 3 heteroatoms. The van der Waals surface area contributed by atoms with Crippen molar-refractivity contribution in [2.45, 2.75) is 44.6 Å². The third-order valence-corrected chi connectivity index (χ3v) is 2.60. The smallest absolute Gasteiger partial charge is 0.306 e. The van der Waals surface area contributed by atoms with Gasteiger partial charge in [0, 0.05) is 0 Å². The lowest BCUT2D eigenvalue weighted by Gasteiger charge is -2.41. The first-order valence-corrected chi connectivity index (χ1v) is 4.52. The van der Waals surface area contributed by atoms with Crippen LogP contribution >= 0.6 is 0 Å². The maximum absolute atomic E-state index is 10.4. The second kappa shape index (κ2) is 3.44. The van der Waals surface area contributed by atoms with Crippen LogP contribution in [0.4, 0.5) is 0 Å². The van der Waals surface area contributed by atoms with E-state index in [4.69, 9.17) is 5.11 Å². The molecule has 0 spiro atoms. The number of rotatable bonds is 4. The number of hydrogen-bond acceptors (Lipinski definition) is 2. The Labute approximate surface area is 72.4 Å². The molecule has 2 N–H and O–H groups in total. The molecule has 0 radical (unpaired) electrons. The summed E-state index contributed by atoms with van der Waals surface area (Å²) in [4.78, 5) is 10.4. The standard InChI is InChI=1S/C9H16O3/c1-2-3-4-9(12)5-7(6-9)8(10)11/h7,12H,2-6H2,1H3,(H,10,11). The zero-order chi connectivity index (χ0) is 9.19. The lowest BCUT2D eigenvalue weighted by Crippen LogP contribution is -2.46. The fourth-order valence-corrected chi connectivity index (χ4v) is 1.74. The summed E-state index contributed by atoms with van der Waals surface area (Å²) in [6.07, 6.45) is 3.70. The molecule has 1 fully saturated rings. The largest absolute Gasteiger partial charge is 0.481 e. The van der Waals surface area contributed by atoms with E-state index in [-0.39, 0.29) is 5.92 Å². The number of carboxylic acids is 1. The highest BCUT2D eigenvalue weighted by atomic mass is 16.4. The van der Waals surface area contributed by atoms with Gasteiger partial charge in [-0.15, -0.1) is 0 Å². The fraction of sp³-hybridized carbons (Fsp3) is 0.889. The average Bonchev–Trinajstić information content (AvgIpc) is 1.95. The molecule has 0 bridgehead atoms. The van der Waals surface area contributed by atoms with Crippen molar-refractivity contribution in [2.75, 3.05) is 0 Å². The number of carboxylic acid groups (broad SMARTS) is 1. The van der Waals surface area contributed by atoms with Crippen molar-refractivity contribution < 1.29 is 15.0 Å². The van der Waals surface area contributed by atoms with E-state index in [9.17, 15) is 9.90 Å². The van der Waals surface area contributed by atoms with Gasteiger partial charge in [-0.05, 0) is 19.3 Å². The Bertz CT molecular complexity index is 171. The van der Waals surface area contributed by atoms with Gasteiger partial charge in [0.2, 0.25) is 0 Å². The Morgan fingerprint density at radius 3 is 2.58 bits per heavy atom. The third kappa shape index (κ3) is 1.97. The molecule has 12 heavy (non-hydrogen) atoms. The molecule has 1 rings (SSSR count). The van der Waals surface area contributed by atoms with E-state index in [0.717, 1.165) is 19.3 Å². The van der Waals surface area contributed by atoms with Crippen molar-refractivity contribution in [1.82, 2.24) is 0 Å². The lowest BCUT2D eigenvalue weighted by atomic mass is 9.68. The number of hydrogen-bond donors (Lipinski definition) is 2. The fourth-order valence-electron chi connectivity index (χ4n) is 1.74. The highest BCUT2D eigenvalue weighted by Crippen LogP contribution is 2.41. The van der Waals surface area contributed by atoms with E-state index in [0.29, 0.717) is 12.8 Å². The third-order valence-electron chi connectivity index (χ3n) is 2.60. The van der Waals surface area contributed by atoms with Crippen LogP contribution in [-0.2, 0) is 4.79 Å². The maximum Gasteiger partial charge on any atom is 0.306 e. The van der Waals surface area contributed by atoms with E-state index in [2.05, 4.69) is 6.92 Å². The van der Waals surface area contributed by atoms with Crippen molar-refractivity contribution in [3.63, 3.8) is 0 Å². The highest BCUT2D eigenvalue weighted by molar-refractivity contribution is 5.71. The molecule has 0 heterocycles. The van der Waals surface area contributed by atoms with Gasteiger partial charge in [0.05, 0.1) is 11.5 Å². The first-order valence-electron chi connectivity index (χ1n) is 4.52. The Morgan fingerprint density at radius 1 is 1.58 bits per heavy atom. The minimum atomic E-state index is -0.767. The van der Waals surface area contributed by atoms with Crippen LogP contribution in [0.3, 0.4) is 0 Å². The molecule has 0 aromatic rings. The normalized spacial score (nSPS) is 34.3. The first-order chi connectivity index (χ1) is 5.57. The van der Waals surface area contributed by atoms with Gasteiger partial charge >= 0.3 is 5.97 Å². The predicted molar refractivity (Wildman–Crippen MR) is 44.8 cm³/mol. The minimum absolute atomic E-state index is 0.299. The van der Waals surface area contributed by atoms with Gasteiger partial charge < -0.3 is 10.2 Å². The summed E-state index contributed by atoms with van der Waals surface area (Å²) in [6.45, 7) is 2.07. The Hall–Kier alpha value is -0.570. The van der Waals surface area contributed by atoms with Crippen LogP contribution in [0.15, 0.2) is 0 Å². The van der Waals surface area contributed by atoms with Gasteiger partial charge in [-0.25, -0.2) is 0 Å². The summed E-state index contributed by atoms with van der Waals surface area (Å²) in [6, 6.07) is 0. The van der Waals surface area contributed by atoms with Crippen molar-refractivity contribution in [2.24, 2.45) is 5.92 Å². The van der Waals surface area contributed by atoms with E-state index >= 15 is 0 Å². The molecule has 70 valence electrons. The summed E-state index contributed by atoms with van der Waals surface area (Å²) in [5, 5.41) is 18.3. The van der Waals surface area contributed by atoms with Crippen LogP contribution in [0.2, 0.25) is 0 Å². The Balaban J connectivity index is 2.25. The van der Waals surface area contributed by atoms with E-state index in [1.807, 2.05) is 0 Å². The lowest BCUT2D eigenvalue weighted by molar-refractivity contribution is -0.159. The molecule has 1 aliphatic carbocycles. The van der Waals surface area contributed by atoms with Gasteiger partial charge in [0.15, 0.2) is 0 Å². The van der Waals surface area contributed by atoms with Crippen molar-refractivity contribution in [3.8, 4) is 0 Å². The zero-order valence-electron chi connectivity index (χ0n) is 7.42. The monoisotopic (exact) mass is 172 g/mol. The first kappa shape index (κ1) is 9.52. The van der Waals surface area contributed by atoms with Crippen LogP contribution in [0.1, 0.15) is 39.0 Å². The number of aliphatic carboxylic acids is 1. The van der Waals surface area contributed by atoms with Gasteiger partial charge in [-0.2, -0.15) is 0 Å². The summed E-state index contributed by atoms with van der Waals surface area (Å²) < 4.78 is 0. The van der Waals surface area contributed by atoms with E-state index in [1.54, 1.807) is 0 Å². The molecule has 1 aliphatic rings. The summed E-state index contributed by atoms with van der Waals surface area (Å²) in [5.41, 5.74) is -0.654. The van der Waals surface area contributed by atoms with Gasteiger partial charge in [0.1, 0.15) is 0 Å². The second-order valence-electron chi connectivity index (χ2n) is 3.77. The van der Waals surface area contributed by atoms with Crippen LogP contribution in [0.25, 0.3) is 0 Å². The second-order valence-corrected chi connectivity index (χ2v) is 3.77. The Morgan fingerprint density at radius 2 is 2.17 bits per heavy atom. The van der Waals surface area contributed by atoms with Gasteiger partial charge in [0.25, 0.3) is 0 Å². The van der Waals surface area contributed by atoms with Crippen LogP contribution < -0.4 is 0 Å². The van der Waals surface area contributed by atoms with Crippen LogP contribution in [0.5, 0.6) is 0 Å². The molecule has 0 atom stereocenters. The molecular weight excluding hydrogens is 156 g/mol.